The van der Waals surface area contributed by atoms with Crippen LogP contribution in [0.25, 0.3) is 11.8 Å². The lowest BCUT2D eigenvalue weighted by atomic mass is 10.2. The number of nitrogens with zero attached hydrogens (tertiary/aromatic N) is 5. The summed E-state index contributed by atoms with van der Waals surface area (Å²) in [6.45, 7) is 3.87. The summed E-state index contributed by atoms with van der Waals surface area (Å²) in [6.07, 6.45) is 3.48. The number of aryl methyl sites for hydroxylation is 2. The van der Waals surface area contributed by atoms with Crippen molar-refractivity contribution in [1.82, 2.24) is 25.4 Å². The van der Waals surface area contributed by atoms with Crippen LogP contribution in [0.5, 0.6) is 0 Å². The van der Waals surface area contributed by atoms with Crippen LogP contribution in [-0.4, -0.2) is 25.4 Å². The monoisotopic (exact) mass is 282 g/mol. The minimum Gasteiger partial charge on any atom is -0.360 e. The Morgan fingerprint density at radius 3 is 2.71 bits per heavy atom. The Morgan fingerprint density at radius 1 is 1.19 bits per heavy atom. The standard InChI is InChI=1S/C14H14N6O/c1-10-3-5-12(6-4-10)20-14(16-18-19-20)7-8-15-13-9-11(2)21-17-13/h3-9H,1-2H3,(H,15,17)/b8-7+. The predicted molar refractivity (Wildman–Crippen MR) is 77.8 cm³/mol. The average molecular weight is 282 g/mol. The van der Waals surface area contributed by atoms with Gasteiger partial charge in [-0.2, -0.15) is 4.68 Å². The quantitative estimate of drug-likeness (QED) is 0.791. The highest BCUT2D eigenvalue weighted by Crippen LogP contribution is 2.11. The van der Waals surface area contributed by atoms with E-state index in [4.69, 9.17) is 4.52 Å². The van der Waals surface area contributed by atoms with Crippen LogP contribution in [0.4, 0.5) is 5.82 Å². The molecule has 0 bridgehead atoms. The van der Waals surface area contributed by atoms with Gasteiger partial charge in [-0.05, 0) is 36.4 Å². The van der Waals surface area contributed by atoms with E-state index in [0.717, 1.165) is 11.4 Å². The lowest BCUT2D eigenvalue weighted by Gasteiger charge is -2.01. The third kappa shape index (κ3) is 2.97. The van der Waals surface area contributed by atoms with Crippen LogP contribution in [0, 0.1) is 13.8 Å². The summed E-state index contributed by atoms with van der Waals surface area (Å²) < 4.78 is 6.62. The zero-order valence-corrected chi connectivity index (χ0v) is 11.7. The first-order chi connectivity index (χ1) is 10.2. The smallest absolute Gasteiger partial charge is 0.181 e. The molecule has 0 saturated carbocycles. The van der Waals surface area contributed by atoms with E-state index in [-0.39, 0.29) is 0 Å². The molecule has 2 aromatic heterocycles. The number of anilines is 1. The number of hydrogen-bond donors (Lipinski definition) is 1. The molecule has 0 aliphatic rings. The van der Waals surface area contributed by atoms with Gasteiger partial charge in [0.05, 0.1) is 5.69 Å². The Kier molecular flexibility index (Phi) is 3.46. The van der Waals surface area contributed by atoms with Gasteiger partial charge >= 0.3 is 0 Å². The molecule has 106 valence electrons. The van der Waals surface area contributed by atoms with Gasteiger partial charge in [0, 0.05) is 18.3 Å². The second kappa shape index (κ2) is 5.58. The minimum absolute atomic E-state index is 0.617. The first-order valence-corrected chi connectivity index (χ1v) is 6.44. The average Bonchev–Trinajstić information content (AvgIpc) is 3.09. The summed E-state index contributed by atoms with van der Waals surface area (Å²) in [4.78, 5) is 0. The summed E-state index contributed by atoms with van der Waals surface area (Å²) in [6, 6.07) is 9.77. The van der Waals surface area contributed by atoms with Gasteiger partial charge in [0.25, 0.3) is 0 Å². The summed E-state index contributed by atoms with van der Waals surface area (Å²) in [5.74, 6) is 2.00. The number of nitrogens with one attached hydrogen (secondary N) is 1. The van der Waals surface area contributed by atoms with E-state index in [2.05, 4.69) is 26.0 Å². The van der Waals surface area contributed by atoms with Gasteiger partial charge in [0.15, 0.2) is 11.6 Å². The van der Waals surface area contributed by atoms with Crippen molar-refractivity contribution in [1.29, 1.82) is 0 Å². The van der Waals surface area contributed by atoms with Crippen molar-refractivity contribution in [3.8, 4) is 5.69 Å². The Morgan fingerprint density at radius 2 is 2.00 bits per heavy atom. The second-order valence-electron chi connectivity index (χ2n) is 4.58. The van der Waals surface area contributed by atoms with E-state index < -0.39 is 0 Å². The summed E-state index contributed by atoms with van der Waals surface area (Å²) in [5.41, 5.74) is 2.09. The second-order valence-corrected chi connectivity index (χ2v) is 4.58. The van der Waals surface area contributed by atoms with Crippen LogP contribution in [0.1, 0.15) is 17.1 Å². The normalized spacial score (nSPS) is 11.1. The zero-order chi connectivity index (χ0) is 14.7. The molecule has 1 aromatic carbocycles. The molecule has 2 heterocycles. The summed E-state index contributed by atoms with van der Waals surface area (Å²) in [5, 5.41) is 18.5. The SMILES string of the molecule is Cc1ccc(-n2nnnc2/C=C/Nc2cc(C)on2)cc1. The van der Waals surface area contributed by atoms with E-state index in [0.29, 0.717) is 11.6 Å². The highest BCUT2D eigenvalue weighted by molar-refractivity contribution is 5.49. The van der Waals surface area contributed by atoms with E-state index in [1.165, 1.54) is 5.56 Å². The molecule has 0 aliphatic carbocycles. The molecule has 0 spiro atoms. The van der Waals surface area contributed by atoms with Crippen molar-refractivity contribution in [3.63, 3.8) is 0 Å². The van der Waals surface area contributed by atoms with Crippen molar-refractivity contribution in [2.24, 2.45) is 0 Å². The maximum absolute atomic E-state index is 4.96. The molecule has 0 amide bonds. The molecule has 1 N–H and O–H groups in total. The van der Waals surface area contributed by atoms with Crippen LogP contribution in [0.15, 0.2) is 41.1 Å². The molecule has 0 atom stereocenters. The van der Waals surface area contributed by atoms with E-state index in [1.807, 2.05) is 38.1 Å². The largest absolute Gasteiger partial charge is 0.360 e. The van der Waals surface area contributed by atoms with Crippen LogP contribution in [-0.2, 0) is 0 Å². The van der Waals surface area contributed by atoms with Crippen molar-refractivity contribution in [3.05, 3.63) is 53.7 Å². The third-order valence-electron chi connectivity index (χ3n) is 2.86. The molecule has 0 fully saturated rings. The topological polar surface area (TPSA) is 81.7 Å². The summed E-state index contributed by atoms with van der Waals surface area (Å²) >= 11 is 0. The maximum atomic E-state index is 4.96. The maximum Gasteiger partial charge on any atom is 0.181 e. The number of tetrazole rings is 1. The van der Waals surface area contributed by atoms with E-state index >= 15 is 0 Å². The molecule has 3 aromatic rings. The highest BCUT2D eigenvalue weighted by Gasteiger charge is 2.04. The Labute approximate surface area is 121 Å². The Hall–Kier alpha value is -2.96. The fraction of sp³-hybridized carbons (Fsp3) is 0.143. The van der Waals surface area contributed by atoms with Crippen LogP contribution in [0.2, 0.25) is 0 Å². The number of aromatic nitrogens is 5. The highest BCUT2D eigenvalue weighted by atomic mass is 16.5. The van der Waals surface area contributed by atoms with Crippen molar-refractivity contribution >= 4 is 11.9 Å². The van der Waals surface area contributed by atoms with Gasteiger partial charge in [0.2, 0.25) is 0 Å². The van der Waals surface area contributed by atoms with E-state index in [1.54, 1.807) is 23.0 Å². The fourth-order valence-corrected chi connectivity index (χ4v) is 1.80. The number of benzene rings is 1. The van der Waals surface area contributed by atoms with Gasteiger partial charge in [-0.1, -0.05) is 22.9 Å². The lowest BCUT2D eigenvalue weighted by molar-refractivity contribution is 0.400. The van der Waals surface area contributed by atoms with Gasteiger partial charge in [-0.25, -0.2) is 0 Å². The van der Waals surface area contributed by atoms with Crippen LogP contribution >= 0.6 is 0 Å². The van der Waals surface area contributed by atoms with Crippen molar-refractivity contribution < 1.29 is 4.52 Å². The molecule has 7 nitrogen and oxygen atoms in total. The van der Waals surface area contributed by atoms with Crippen LogP contribution in [0.3, 0.4) is 0 Å². The van der Waals surface area contributed by atoms with E-state index in [9.17, 15) is 0 Å². The predicted octanol–water partition coefficient (Wildman–Crippen LogP) is 2.35. The van der Waals surface area contributed by atoms with Crippen molar-refractivity contribution in [2.45, 2.75) is 13.8 Å². The number of hydrogen-bond acceptors (Lipinski definition) is 6. The fourth-order valence-electron chi connectivity index (χ4n) is 1.80. The Balaban J connectivity index is 1.77. The molecule has 7 heteroatoms. The molecule has 0 unspecified atom stereocenters. The molecule has 0 saturated heterocycles. The molecule has 0 aliphatic heterocycles. The van der Waals surface area contributed by atoms with Crippen molar-refractivity contribution in [2.75, 3.05) is 5.32 Å². The van der Waals surface area contributed by atoms with Gasteiger partial charge in [0.1, 0.15) is 5.76 Å². The Bertz CT molecular complexity index is 756. The van der Waals surface area contributed by atoms with Gasteiger partial charge in [-0.15, -0.1) is 5.10 Å². The first kappa shape index (κ1) is 13.0. The molecule has 0 radical (unpaired) electrons. The zero-order valence-electron chi connectivity index (χ0n) is 11.7. The number of rotatable bonds is 4. The molecule has 3 rings (SSSR count). The molecular formula is C14H14N6O. The van der Waals surface area contributed by atoms with Gasteiger partial charge in [-0.3, -0.25) is 0 Å². The van der Waals surface area contributed by atoms with Crippen LogP contribution < -0.4 is 5.32 Å². The molecular weight excluding hydrogens is 268 g/mol. The van der Waals surface area contributed by atoms with Gasteiger partial charge < -0.3 is 9.84 Å². The third-order valence-corrected chi connectivity index (χ3v) is 2.86. The molecule has 21 heavy (non-hydrogen) atoms. The minimum atomic E-state index is 0.617. The first-order valence-electron chi connectivity index (χ1n) is 6.44. The summed E-state index contributed by atoms with van der Waals surface area (Å²) in [7, 11) is 0. The lowest BCUT2D eigenvalue weighted by Crippen LogP contribution is -2.00.